The van der Waals surface area contributed by atoms with Gasteiger partial charge >= 0.3 is 6.09 Å². The molecule has 3 rings (SSSR count). The second-order valence-corrected chi connectivity index (χ2v) is 6.76. The number of likely N-dealkylation sites (N-methyl/N-ethyl adjacent to an activating group) is 1. The van der Waals surface area contributed by atoms with Crippen LogP contribution < -0.4 is 10.1 Å². The highest BCUT2D eigenvalue weighted by molar-refractivity contribution is 5.86. The summed E-state index contributed by atoms with van der Waals surface area (Å²) >= 11 is 0. The molecule has 0 aromatic heterocycles. The Hall–Kier alpha value is -2.53. The predicted octanol–water partition coefficient (Wildman–Crippen LogP) is 3.91. The first kappa shape index (κ1) is 18.3. The summed E-state index contributed by atoms with van der Waals surface area (Å²) in [4.78, 5) is 14.7. The van der Waals surface area contributed by atoms with Crippen LogP contribution in [0.1, 0.15) is 18.9 Å². The Morgan fingerprint density at radius 3 is 2.58 bits per heavy atom. The van der Waals surface area contributed by atoms with Crippen molar-refractivity contribution >= 4 is 11.8 Å². The van der Waals surface area contributed by atoms with Gasteiger partial charge in [0.05, 0.1) is 12.3 Å². The third-order valence-electron chi connectivity index (χ3n) is 4.83. The molecule has 5 nitrogen and oxygen atoms in total. The zero-order valence-corrected chi connectivity index (χ0v) is 15.4. The maximum absolute atomic E-state index is 12.4. The summed E-state index contributed by atoms with van der Waals surface area (Å²) in [6.07, 6.45) is 0.512. The summed E-state index contributed by atoms with van der Waals surface area (Å²) in [5, 5.41) is 2.80. The van der Waals surface area contributed by atoms with Gasteiger partial charge in [-0.25, -0.2) is 4.79 Å². The van der Waals surface area contributed by atoms with E-state index in [2.05, 4.69) is 29.4 Å². The van der Waals surface area contributed by atoms with Gasteiger partial charge in [0.15, 0.2) is 0 Å². The number of ether oxygens (including phenoxy) is 2. The lowest BCUT2D eigenvalue weighted by atomic mass is 9.80. The molecule has 26 heavy (non-hydrogen) atoms. The number of nitrogens with one attached hydrogen (secondary N) is 1. The Balaban J connectivity index is 1.67. The van der Waals surface area contributed by atoms with Gasteiger partial charge in [-0.1, -0.05) is 42.5 Å². The molecule has 138 valence electrons. The summed E-state index contributed by atoms with van der Waals surface area (Å²) in [6.45, 7) is 4.67. The van der Waals surface area contributed by atoms with Crippen LogP contribution in [0.2, 0.25) is 0 Å². The normalized spacial score (nSPS) is 19.9. The number of anilines is 1. The molecular formula is C21H26N2O3. The Bertz CT molecular complexity index is 735. The molecule has 0 radical (unpaired) electrons. The first-order valence-electron chi connectivity index (χ1n) is 9.03. The number of amides is 1. The summed E-state index contributed by atoms with van der Waals surface area (Å²) in [7, 11) is 2.10. The highest BCUT2D eigenvalue weighted by atomic mass is 16.5. The largest absolute Gasteiger partial charge is 0.492 e. The van der Waals surface area contributed by atoms with Gasteiger partial charge in [-0.3, -0.25) is 5.32 Å². The lowest BCUT2D eigenvalue weighted by Crippen LogP contribution is -2.36. The average molecular weight is 354 g/mol. The zero-order chi connectivity index (χ0) is 18.4. The van der Waals surface area contributed by atoms with Gasteiger partial charge in [0.1, 0.15) is 12.4 Å². The predicted molar refractivity (Wildman–Crippen MR) is 103 cm³/mol. The third kappa shape index (κ3) is 4.17. The maximum atomic E-state index is 12.4. The lowest BCUT2D eigenvalue weighted by molar-refractivity contribution is 0.129. The molecule has 2 aromatic carbocycles. The first-order chi connectivity index (χ1) is 12.6. The van der Waals surface area contributed by atoms with Crippen molar-refractivity contribution in [2.75, 3.05) is 38.7 Å². The van der Waals surface area contributed by atoms with Crippen LogP contribution in [0.4, 0.5) is 10.5 Å². The fraction of sp³-hybridized carbons (Fsp3) is 0.381. The molecule has 1 heterocycles. The topological polar surface area (TPSA) is 50.8 Å². The van der Waals surface area contributed by atoms with E-state index in [1.807, 2.05) is 49.4 Å². The van der Waals surface area contributed by atoms with E-state index in [1.54, 1.807) is 0 Å². The van der Waals surface area contributed by atoms with Crippen LogP contribution in [0, 0.1) is 0 Å². The maximum Gasteiger partial charge on any atom is 0.411 e. The van der Waals surface area contributed by atoms with Crippen molar-refractivity contribution in [2.24, 2.45) is 0 Å². The van der Waals surface area contributed by atoms with E-state index in [4.69, 9.17) is 9.47 Å². The van der Waals surface area contributed by atoms with E-state index in [1.165, 1.54) is 5.56 Å². The average Bonchev–Trinajstić information content (AvgIpc) is 3.05. The smallest absolute Gasteiger partial charge is 0.411 e. The second-order valence-electron chi connectivity index (χ2n) is 6.76. The summed E-state index contributed by atoms with van der Waals surface area (Å²) in [6, 6.07) is 17.7. The van der Waals surface area contributed by atoms with E-state index in [0.717, 1.165) is 19.5 Å². The molecule has 0 unspecified atom stereocenters. The minimum atomic E-state index is -0.456. The molecule has 5 heteroatoms. The van der Waals surface area contributed by atoms with Crippen LogP contribution in [0.5, 0.6) is 5.75 Å². The number of benzene rings is 2. The molecule has 1 fully saturated rings. The third-order valence-corrected chi connectivity index (χ3v) is 4.83. The highest BCUT2D eigenvalue weighted by Gasteiger charge is 2.39. The fourth-order valence-corrected chi connectivity index (χ4v) is 3.51. The summed E-state index contributed by atoms with van der Waals surface area (Å²) < 4.78 is 11.2. The number of likely N-dealkylation sites (tertiary alicyclic amines) is 1. The quantitative estimate of drug-likeness (QED) is 0.855. The van der Waals surface area contributed by atoms with Crippen LogP contribution in [-0.2, 0) is 10.2 Å². The molecule has 1 saturated heterocycles. The van der Waals surface area contributed by atoms with Gasteiger partial charge in [-0.15, -0.1) is 0 Å². The molecule has 1 aliphatic rings. The monoisotopic (exact) mass is 354 g/mol. The van der Waals surface area contributed by atoms with Gasteiger partial charge < -0.3 is 14.4 Å². The van der Waals surface area contributed by atoms with Gasteiger partial charge in [-0.05, 0) is 44.6 Å². The minimum Gasteiger partial charge on any atom is -0.492 e. The molecule has 1 N–H and O–H groups in total. The minimum absolute atomic E-state index is 0.160. The zero-order valence-electron chi connectivity index (χ0n) is 15.4. The lowest BCUT2D eigenvalue weighted by Gasteiger charge is -2.29. The van der Waals surface area contributed by atoms with E-state index >= 15 is 0 Å². The number of carbonyl (C=O) groups is 1. The molecule has 1 amide bonds. The highest BCUT2D eigenvalue weighted by Crippen LogP contribution is 2.34. The standard InChI is InChI=1S/C21H26N2O3/c1-3-25-19-12-8-7-11-18(19)22-20(24)26-16-21(13-14-23(2)15-21)17-9-5-4-6-10-17/h4-12H,3,13-16H2,1-2H3,(H,22,24)/t21-/m0/s1. The molecule has 2 aromatic rings. The fourth-order valence-electron chi connectivity index (χ4n) is 3.51. The van der Waals surface area contributed by atoms with Crippen LogP contribution in [-0.4, -0.2) is 44.3 Å². The van der Waals surface area contributed by atoms with Crippen LogP contribution in [0.25, 0.3) is 0 Å². The van der Waals surface area contributed by atoms with Gasteiger partial charge in [0.2, 0.25) is 0 Å². The molecule has 0 bridgehead atoms. The van der Waals surface area contributed by atoms with E-state index < -0.39 is 6.09 Å². The number of rotatable bonds is 6. The molecule has 0 saturated carbocycles. The number of para-hydroxylation sites is 2. The Morgan fingerprint density at radius 2 is 1.88 bits per heavy atom. The van der Waals surface area contributed by atoms with E-state index in [0.29, 0.717) is 24.7 Å². The molecule has 1 atom stereocenters. The Morgan fingerprint density at radius 1 is 1.15 bits per heavy atom. The van der Waals surface area contributed by atoms with Gasteiger partial charge in [0, 0.05) is 12.0 Å². The molecule has 0 spiro atoms. The Kier molecular flexibility index (Phi) is 5.78. The molecular weight excluding hydrogens is 328 g/mol. The summed E-state index contributed by atoms with van der Waals surface area (Å²) in [5.74, 6) is 0.644. The number of hydrogen-bond donors (Lipinski definition) is 1. The second kappa shape index (κ2) is 8.23. The SMILES string of the molecule is CCOc1ccccc1NC(=O)OC[C@]1(c2ccccc2)CCN(C)C1. The first-order valence-corrected chi connectivity index (χ1v) is 9.03. The Labute approximate surface area is 154 Å². The van der Waals surface area contributed by atoms with E-state index in [9.17, 15) is 4.79 Å². The van der Waals surface area contributed by atoms with Crippen molar-refractivity contribution in [3.63, 3.8) is 0 Å². The number of nitrogens with zero attached hydrogens (tertiary/aromatic N) is 1. The van der Waals surface area contributed by atoms with Crippen LogP contribution >= 0.6 is 0 Å². The number of hydrogen-bond acceptors (Lipinski definition) is 4. The van der Waals surface area contributed by atoms with Crippen molar-refractivity contribution in [3.8, 4) is 5.75 Å². The van der Waals surface area contributed by atoms with Crippen molar-refractivity contribution in [3.05, 3.63) is 60.2 Å². The van der Waals surface area contributed by atoms with Gasteiger partial charge in [0.25, 0.3) is 0 Å². The van der Waals surface area contributed by atoms with Crippen molar-refractivity contribution in [2.45, 2.75) is 18.8 Å². The van der Waals surface area contributed by atoms with Crippen molar-refractivity contribution < 1.29 is 14.3 Å². The van der Waals surface area contributed by atoms with Crippen LogP contribution in [0.3, 0.4) is 0 Å². The van der Waals surface area contributed by atoms with Crippen LogP contribution in [0.15, 0.2) is 54.6 Å². The molecule has 0 aliphatic carbocycles. The number of carbonyl (C=O) groups excluding carboxylic acids is 1. The summed E-state index contributed by atoms with van der Waals surface area (Å²) in [5.41, 5.74) is 1.68. The van der Waals surface area contributed by atoms with Crippen molar-refractivity contribution in [1.29, 1.82) is 0 Å². The van der Waals surface area contributed by atoms with Crippen molar-refractivity contribution in [1.82, 2.24) is 4.90 Å². The molecule has 1 aliphatic heterocycles. The van der Waals surface area contributed by atoms with Gasteiger partial charge in [-0.2, -0.15) is 0 Å². The van der Waals surface area contributed by atoms with E-state index in [-0.39, 0.29) is 5.41 Å².